The Hall–Kier alpha value is -3.28. The van der Waals surface area contributed by atoms with E-state index < -0.39 is 0 Å². The number of rotatable bonds is 8. The maximum Gasteiger partial charge on any atom is 0.253 e. The number of benzene rings is 2. The summed E-state index contributed by atoms with van der Waals surface area (Å²) in [5.74, 6) is 0.655. The molecule has 2 aromatic carbocycles. The van der Waals surface area contributed by atoms with Gasteiger partial charge in [0.05, 0.1) is 6.54 Å². The molecule has 1 fully saturated rings. The molecule has 6 heteroatoms. The van der Waals surface area contributed by atoms with E-state index in [0.29, 0.717) is 17.9 Å². The lowest BCUT2D eigenvalue weighted by Gasteiger charge is -2.20. The van der Waals surface area contributed by atoms with Gasteiger partial charge in [-0.2, -0.15) is 0 Å². The lowest BCUT2D eigenvalue weighted by molar-refractivity contribution is -0.114. The van der Waals surface area contributed by atoms with Crippen molar-refractivity contribution in [2.75, 3.05) is 36.9 Å². The maximum absolute atomic E-state index is 12.6. The van der Waals surface area contributed by atoms with Crippen molar-refractivity contribution >= 4 is 23.2 Å². The smallest absolute Gasteiger partial charge is 0.253 e. The van der Waals surface area contributed by atoms with Crippen LogP contribution in [0.1, 0.15) is 36.0 Å². The van der Waals surface area contributed by atoms with Gasteiger partial charge in [0.25, 0.3) is 5.91 Å². The molecular formula is C24H29N3O3. The summed E-state index contributed by atoms with van der Waals surface area (Å²) in [4.78, 5) is 26.8. The van der Waals surface area contributed by atoms with Crippen molar-refractivity contribution in [1.29, 1.82) is 0 Å². The molecule has 0 saturated carbocycles. The molecule has 6 nitrogen and oxygen atoms in total. The highest BCUT2D eigenvalue weighted by atomic mass is 16.5. The van der Waals surface area contributed by atoms with E-state index in [1.807, 2.05) is 29.2 Å². The van der Waals surface area contributed by atoms with Crippen LogP contribution in [-0.4, -0.2) is 43.0 Å². The summed E-state index contributed by atoms with van der Waals surface area (Å²) in [6.07, 6.45) is 6.22. The molecule has 0 unspecified atom stereocenters. The molecule has 2 N–H and O–H groups in total. The van der Waals surface area contributed by atoms with Crippen molar-refractivity contribution in [1.82, 2.24) is 4.90 Å². The van der Waals surface area contributed by atoms with E-state index >= 15 is 0 Å². The first kappa shape index (κ1) is 21.4. The number of hydrogen-bond acceptors (Lipinski definition) is 4. The SMILES string of the molecule is C=CCOc1ccc(NC(=O)CNc2ccc(C(=O)N3CCCCCC3)cc2)cc1. The van der Waals surface area contributed by atoms with Gasteiger partial charge in [0.15, 0.2) is 0 Å². The van der Waals surface area contributed by atoms with Gasteiger partial charge in [0.2, 0.25) is 5.91 Å². The fourth-order valence-electron chi connectivity index (χ4n) is 3.36. The Morgan fingerprint density at radius 1 is 0.933 bits per heavy atom. The summed E-state index contributed by atoms with van der Waals surface area (Å²) in [7, 11) is 0. The van der Waals surface area contributed by atoms with Crippen LogP contribution in [0.15, 0.2) is 61.2 Å². The second-order valence-corrected chi connectivity index (χ2v) is 7.31. The van der Waals surface area contributed by atoms with Crippen LogP contribution in [0, 0.1) is 0 Å². The molecule has 0 radical (unpaired) electrons. The van der Waals surface area contributed by atoms with E-state index in [2.05, 4.69) is 17.2 Å². The predicted octanol–water partition coefficient (Wildman–Crippen LogP) is 4.32. The monoisotopic (exact) mass is 407 g/mol. The minimum absolute atomic E-state index is 0.0849. The van der Waals surface area contributed by atoms with Crippen LogP contribution < -0.4 is 15.4 Å². The Bertz CT molecular complexity index is 839. The van der Waals surface area contributed by atoms with E-state index in [4.69, 9.17) is 4.74 Å². The largest absolute Gasteiger partial charge is 0.490 e. The number of nitrogens with zero attached hydrogens (tertiary/aromatic N) is 1. The Balaban J connectivity index is 1.46. The Morgan fingerprint density at radius 3 is 2.20 bits per heavy atom. The van der Waals surface area contributed by atoms with Gasteiger partial charge in [-0.05, 0) is 61.4 Å². The second kappa shape index (κ2) is 11.0. The standard InChI is InChI=1S/C24H29N3O3/c1-2-17-30-22-13-11-21(12-14-22)26-23(28)18-25-20-9-7-19(8-10-20)24(29)27-15-5-3-4-6-16-27/h2,7-14,25H,1,3-6,15-18H2,(H,26,28). The van der Waals surface area contributed by atoms with Crippen LogP contribution in [-0.2, 0) is 4.79 Å². The number of carbonyl (C=O) groups is 2. The third-order valence-corrected chi connectivity index (χ3v) is 4.98. The van der Waals surface area contributed by atoms with E-state index in [9.17, 15) is 9.59 Å². The third kappa shape index (κ3) is 6.37. The van der Waals surface area contributed by atoms with Crippen LogP contribution in [0.25, 0.3) is 0 Å². The fourth-order valence-corrected chi connectivity index (χ4v) is 3.36. The van der Waals surface area contributed by atoms with Crippen molar-refractivity contribution in [2.45, 2.75) is 25.7 Å². The van der Waals surface area contributed by atoms with Crippen LogP contribution >= 0.6 is 0 Å². The molecular weight excluding hydrogens is 378 g/mol. The quantitative estimate of drug-likeness (QED) is 0.640. The van der Waals surface area contributed by atoms with Gasteiger partial charge in [-0.3, -0.25) is 9.59 Å². The zero-order valence-electron chi connectivity index (χ0n) is 17.2. The molecule has 158 valence electrons. The van der Waals surface area contributed by atoms with Gasteiger partial charge >= 0.3 is 0 Å². The molecule has 1 aliphatic heterocycles. The number of nitrogens with one attached hydrogen (secondary N) is 2. The fraction of sp³-hybridized carbons (Fsp3) is 0.333. The van der Waals surface area contributed by atoms with Crippen molar-refractivity contribution in [3.8, 4) is 5.75 Å². The van der Waals surface area contributed by atoms with Gasteiger partial charge < -0.3 is 20.3 Å². The molecule has 2 aromatic rings. The highest BCUT2D eigenvalue weighted by Crippen LogP contribution is 2.17. The minimum Gasteiger partial charge on any atom is -0.490 e. The number of likely N-dealkylation sites (tertiary alicyclic amines) is 1. The van der Waals surface area contributed by atoms with Crippen LogP contribution in [0.3, 0.4) is 0 Å². The number of hydrogen-bond donors (Lipinski definition) is 2. The molecule has 1 aliphatic rings. The summed E-state index contributed by atoms with van der Waals surface area (Å²) in [6, 6.07) is 14.5. The predicted molar refractivity (Wildman–Crippen MR) is 120 cm³/mol. The molecule has 0 spiro atoms. The lowest BCUT2D eigenvalue weighted by Crippen LogP contribution is -2.31. The summed E-state index contributed by atoms with van der Waals surface area (Å²) in [5, 5.41) is 5.92. The second-order valence-electron chi connectivity index (χ2n) is 7.31. The average Bonchev–Trinajstić information content (AvgIpc) is 3.07. The molecule has 1 heterocycles. The van der Waals surface area contributed by atoms with E-state index in [0.717, 1.165) is 37.4 Å². The molecule has 0 aliphatic carbocycles. The zero-order chi connectivity index (χ0) is 21.2. The van der Waals surface area contributed by atoms with Gasteiger partial charge in [-0.25, -0.2) is 0 Å². The molecule has 1 saturated heterocycles. The first-order valence-electron chi connectivity index (χ1n) is 10.4. The van der Waals surface area contributed by atoms with Gasteiger partial charge in [-0.1, -0.05) is 25.5 Å². The van der Waals surface area contributed by atoms with Crippen LogP contribution in [0.5, 0.6) is 5.75 Å². The zero-order valence-corrected chi connectivity index (χ0v) is 17.2. The Labute approximate surface area is 177 Å². The minimum atomic E-state index is -0.153. The van der Waals surface area contributed by atoms with Gasteiger partial charge in [0.1, 0.15) is 12.4 Å². The molecule has 0 atom stereocenters. The molecule has 2 amide bonds. The summed E-state index contributed by atoms with van der Waals surface area (Å²) < 4.78 is 5.42. The van der Waals surface area contributed by atoms with E-state index in [1.165, 1.54) is 12.8 Å². The van der Waals surface area contributed by atoms with Crippen LogP contribution in [0.2, 0.25) is 0 Å². The molecule has 0 aromatic heterocycles. The van der Waals surface area contributed by atoms with Crippen molar-refractivity contribution in [2.24, 2.45) is 0 Å². The first-order chi connectivity index (χ1) is 14.7. The Kier molecular flexibility index (Phi) is 7.89. The third-order valence-electron chi connectivity index (χ3n) is 4.98. The first-order valence-corrected chi connectivity index (χ1v) is 10.4. The summed E-state index contributed by atoms with van der Waals surface area (Å²) in [5.41, 5.74) is 2.18. The van der Waals surface area contributed by atoms with Crippen LogP contribution in [0.4, 0.5) is 11.4 Å². The lowest BCUT2D eigenvalue weighted by atomic mass is 10.1. The number of amides is 2. The van der Waals surface area contributed by atoms with Crippen molar-refractivity contribution in [3.63, 3.8) is 0 Å². The van der Waals surface area contributed by atoms with Gasteiger partial charge in [0, 0.05) is 30.0 Å². The van der Waals surface area contributed by atoms with E-state index in [1.54, 1.807) is 30.3 Å². The molecule has 30 heavy (non-hydrogen) atoms. The van der Waals surface area contributed by atoms with Crippen molar-refractivity contribution < 1.29 is 14.3 Å². The number of anilines is 2. The molecule has 0 bridgehead atoms. The topological polar surface area (TPSA) is 70.7 Å². The summed E-state index contributed by atoms with van der Waals surface area (Å²) in [6.45, 7) is 5.85. The molecule has 3 rings (SSSR count). The average molecular weight is 408 g/mol. The highest BCUT2D eigenvalue weighted by Gasteiger charge is 2.17. The maximum atomic E-state index is 12.6. The highest BCUT2D eigenvalue weighted by molar-refractivity contribution is 5.95. The van der Waals surface area contributed by atoms with Gasteiger partial charge in [-0.15, -0.1) is 0 Å². The number of ether oxygens (including phenoxy) is 1. The normalized spacial score (nSPS) is 13.8. The van der Waals surface area contributed by atoms with E-state index in [-0.39, 0.29) is 18.4 Å². The van der Waals surface area contributed by atoms with Crippen molar-refractivity contribution in [3.05, 3.63) is 66.7 Å². The summed E-state index contributed by atoms with van der Waals surface area (Å²) >= 11 is 0. The number of carbonyl (C=O) groups excluding carboxylic acids is 2. The Morgan fingerprint density at radius 2 is 1.57 bits per heavy atom.